The van der Waals surface area contributed by atoms with E-state index in [0.29, 0.717) is 11.1 Å². The summed E-state index contributed by atoms with van der Waals surface area (Å²) in [5.41, 5.74) is 0.856. The fourth-order valence-electron chi connectivity index (χ4n) is 4.45. The van der Waals surface area contributed by atoms with Crippen molar-refractivity contribution in [2.24, 2.45) is 0 Å². The fraction of sp³-hybridized carbons (Fsp3) is 1.00. The molecule has 0 atom stereocenters. The highest BCUT2D eigenvalue weighted by atomic mass is 15.1. The third kappa shape index (κ3) is 3.96. The van der Waals surface area contributed by atoms with Crippen molar-refractivity contribution in [2.75, 3.05) is 0 Å². The summed E-state index contributed by atoms with van der Waals surface area (Å²) >= 11 is 0. The Hall–Kier alpha value is -0.0800. The summed E-state index contributed by atoms with van der Waals surface area (Å²) in [6.45, 7) is 9.65. The highest BCUT2D eigenvalue weighted by Crippen LogP contribution is 2.21. The molecule has 0 aromatic rings. The van der Waals surface area contributed by atoms with E-state index in [2.05, 4.69) is 38.3 Å². The van der Waals surface area contributed by atoms with E-state index in [1.54, 1.807) is 0 Å². The van der Waals surface area contributed by atoms with E-state index in [9.17, 15) is 0 Å². The first-order valence-electron chi connectivity index (χ1n) is 7.58. The molecule has 4 N–H and O–H groups in total. The van der Waals surface area contributed by atoms with Crippen LogP contribution in [0.4, 0.5) is 0 Å². The van der Waals surface area contributed by atoms with E-state index in [1.165, 1.54) is 44.9 Å². The fourth-order valence-corrected chi connectivity index (χ4v) is 4.45. The summed E-state index contributed by atoms with van der Waals surface area (Å²) in [4.78, 5) is 0. The molecule has 0 unspecified atom stereocenters. The zero-order valence-electron chi connectivity index (χ0n) is 12.3. The van der Waals surface area contributed by atoms with Crippen molar-refractivity contribution in [3.63, 3.8) is 0 Å². The van der Waals surface area contributed by atoms with Gasteiger partial charge in [-0.3, -0.25) is 0 Å². The van der Waals surface area contributed by atoms with Gasteiger partial charge in [0.2, 0.25) is 0 Å². The normalized spacial score (nSPS) is 30.4. The van der Waals surface area contributed by atoms with Gasteiger partial charge in [0.25, 0.3) is 0 Å². The molecule has 0 radical (unpaired) electrons. The van der Waals surface area contributed by atoms with E-state index in [-0.39, 0.29) is 0 Å². The Labute approximate surface area is 107 Å². The van der Waals surface area contributed by atoms with Crippen LogP contribution in [0.2, 0.25) is 0 Å². The lowest BCUT2D eigenvalue weighted by Crippen LogP contribution is -3.10. The molecule has 1 saturated carbocycles. The van der Waals surface area contributed by atoms with Crippen LogP contribution in [-0.4, -0.2) is 23.2 Å². The second-order valence-corrected chi connectivity index (χ2v) is 7.88. The van der Waals surface area contributed by atoms with E-state index in [1.807, 2.05) is 0 Å². The maximum Gasteiger partial charge on any atom is 0.0981 e. The van der Waals surface area contributed by atoms with Gasteiger partial charge >= 0.3 is 0 Å². The molecule has 0 spiro atoms. The SMILES string of the molecule is CC1(C)CC([NH2+]C2CCCCC2)CC(C)(C)[NH2+]1. The summed E-state index contributed by atoms with van der Waals surface area (Å²) in [5.74, 6) is 0. The second-order valence-electron chi connectivity index (χ2n) is 7.88. The molecule has 0 bridgehead atoms. The summed E-state index contributed by atoms with van der Waals surface area (Å²) < 4.78 is 0. The molecule has 17 heavy (non-hydrogen) atoms. The first kappa shape index (κ1) is 13.4. The van der Waals surface area contributed by atoms with Gasteiger partial charge in [-0.15, -0.1) is 0 Å². The van der Waals surface area contributed by atoms with E-state index in [4.69, 9.17) is 0 Å². The second kappa shape index (κ2) is 4.89. The van der Waals surface area contributed by atoms with Gasteiger partial charge < -0.3 is 10.6 Å². The van der Waals surface area contributed by atoms with Crippen molar-refractivity contribution in [1.29, 1.82) is 0 Å². The van der Waals surface area contributed by atoms with Crippen LogP contribution in [-0.2, 0) is 0 Å². The van der Waals surface area contributed by atoms with Crippen molar-refractivity contribution >= 4 is 0 Å². The Morgan fingerprint density at radius 3 is 1.88 bits per heavy atom. The molecule has 0 aromatic carbocycles. The number of hydrogen-bond acceptors (Lipinski definition) is 0. The smallest absolute Gasteiger partial charge is 0.0981 e. The Kier molecular flexibility index (Phi) is 3.84. The standard InChI is InChI=1S/C15H30N2/c1-14(2)10-13(11-15(3,4)17-14)16-12-8-6-5-7-9-12/h12-13,16-17H,5-11H2,1-4H3/p+2. The summed E-state index contributed by atoms with van der Waals surface area (Å²) in [7, 11) is 0. The highest BCUT2D eigenvalue weighted by molar-refractivity contribution is 4.83. The molecular weight excluding hydrogens is 208 g/mol. The van der Waals surface area contributed by atoms with Crippen LogP contribution in [0, 0.1) is 0 Å². The van der Waals surface area contributed by atoms with Gasteiger partial charge in [0.05, 0.1) is 36.0 Å². The Bertz CT molecular complexity index is 236. The number of piperidine rings is 1. The predicted molar refractivity (Wildman–Crippen MR) is 71.9 cm³/mol. The minimum Gasteiger partial charge on any atom is -0.341 e. The van der Waals surface area contributed by atoms with Gasteiger partial charge in [-0.1, -0.05) is 6.42 Å². The van der Waals surface area contributed by atoms with Crippen LogP contribution in [0.3, 0.4) is 0 Å². The molecule has 1 aliphatic carbocycles. The number of quaternary nitrogens is 2. The molecule has 1 heterocycles. The minimum absolute atomic E-state index is 0.428. The van der Waals surface area contributed by atoms with Crippen LogP contribution in [0.25, 0.3) is 0 Å². The maximum absolute atomic E-state index is 2.73. The minimum atomic E-state index is 0.428. The number of hydrogen-bond donors (Lipinski definition) is 2. The third-order valence-electron chi connectivity index (χ3n) is 4.55. The van der Waals surface area contributed by atoms with Crippen molar-refractivity contribution in [1.82, 2.24) is 0 Å². The van der Waals surface area contributed by atoms with Crippen LogP contribution < -0.4 is 10.6 Å². The van der Waals surface area contributed by atoms with Crippen molar-refractivity contribution in [3.05, 3.63) is 0 Å². The molecule has 0 amide bonds. The van der Waals surface area contributed by atoms with Gasteiger partial charge in [0.1, 0.15) is 0 Å². The summed E-state index contributed by atoms with van der Waals surface area (Å²) in [5, 5.41) is 5.32. The van der Waals surface area contributed by atoms with E-state index < -0.39 is 0 Å². The lowest BCUT2D eigenvalue weighted by molar-refractivity contribution is -0.820. The Morgan fingerprint density at radius 2 is 1.35 bits per heavy atom. The van der Waals surface area contributed by atoms with Gasteiger partial charge in [0, 0.05) is 0 Å². The summed E-state index contributed by atoms with van der Waals surface area (Å²) in [6, 6.07) is 1.78. The Balaban J connectivity index is 1.91. The van der Waals surface area contributed by atoms with Crippen LogP contribution in [0.5, 0.6) is 0 Å². The molecule has 1 saturated heterocycles. The summed E-state index contributed by atoms with van der Waals surface area (Å²) in [6.07, 6.45) is 10.1. The lowest BCUT2D eigenvalue weighted by Gasteiger charge is -2.42. The van der Waals surface area contributed by atoms with E-state index >= 15 is 0 Å². The molecule has 100 valence electrons. The monoisotopic (exact) mass is 240 g/mol. The number of rotatable bonds is 2. The lowest BCUT2D eigenvalue weighted by atomic mass is 9.79. The highest BCUT2D eigenvalue weighted by Gasteiger charge is 2.44. The van der Waals surface area contributed by atoms with Gasteiger partial charge in [-0.05, 0) is 53.4 Å². The van der Waals surface area contributed by atoms with Crippen molar-refractivity contribution in [2.45, 2.75) is 95.8 Å². The molecule has 2 aliphatic rings. The Morgan fingerprint density at radius 1 is 0.824 bits per heavy atom. The quantitative estimate of drug-likeness (QED) is 0.726. The molecule has 2 heteroatoms. The average molecular weight is 240 g/mol. The topological polar surface area (TPSA) is 33.2 Å². The zero-order valence-corrected chi connectivity index (χ0v) is 12.3. The molecular formula is C15H32N2+2. The maximum atomic E-state index is 2.73. The average Bonchev–Trinajstić information content (AvgIpc) is 2.13. The molecule has 2 rings (SSSR count). The molecule has 2 fully saturated rings. The predicted octanol–water partition coefficient (Wildman–Crippen LogP) is 1.17. The van der Waals surface area contributed by atoms with Gasteiger partial charge in [-0.25, -0.2) is 0 Å². The van der Waals surface area contributed by atoms with Crippen molar-refractivity contribution in [3.8, 4) is 0 Å². The molecule has 2 nitrogen and oxygen atoms in total. The largest absolute Gasteiger partial charge is 0.341 e. The van der Waals surface area contributed by atoms with Crippen molar-refractivity contribution < 1.29 is 10.6 Å². The molecule has 0 aromatic heterocycles. The zero-order chi connectivity index (χ0) is 12.5. The van der Waals surface area contributed by atoms with Crippen LogP contribution in [0.1, 0.15) is 72.6 Å². The first-order valence-corrected chi connectivity index (χ1v) is 7.58. The van der Waals surface area contributed by atoms with E-state index in [0.717, 1.165) is 12.1 Å². The third-order valence-corrected chi connectivity index (χ3v) is 4.55. The number of nitrogens with two attached hydrogens (primary N) is 2. The molecule has 1 aliphatic heterocycles. The van der Waals surface area contributed by atoms with Crippen LogP contribution >= 0.6 is 0 Å². The first-order chi connectivity index (χ1) is 7.86. The van der Waals surface area contributed by atoms with Gasteiger partial charge in [0.15, 0.2) is 0 Å². The van der Waals surface area contributed by atoms with Gasteiger partial charge in [-0.2, -0.15) is 0 Å². The van der Waals surface area contributed by atoms with Crippen LogP contribution in [0.15, 0.2) is 0 Å².